The van der Waals surface area contributed by atoms with Crippen LogP contribution in [0, 0.1) is 11.7 Å². The van der Waals surface area contributed by atoms with Crippen LogP contribution in [0.5, 0.6) is 0 Å². The van der Waals surface area contributed by atoms with Gasteiger partial charge in [0, 0.05) is 16.1 Å². The van der Waals surface area contributed by atoms with Crippen LogP contribution in [0.2, 0.25) is 0 Å². The van der Waals surface area contributed by atoms with Gasteiger partial charge in [-0.25, -0.2) is 14.6 Å². The molecule has 1 aliphatic heterocycles. The highest BCUT2D eigenvalue weighted by Gasteiger charge is 2.46. The van der Waals surface area contributed by atoms with Crippen LogP contribution in [0.25, 0.3) is 0 Å². The molecule has 1 aromatic carbocycles. The minimum Gasteiger partial charge on any atom is -0.435 e. The first-order valence-corrected chi connectivity index (χ1v) is 10.5. The van der Waals surface area contributed by atoms with Gasteiger partial charge in [-0.3, -0.25) is 4.79 Å². The maximum absolute atomic E-state index is 13.5. The Kier molecular flexibility index (Phi) is 6.58. The van der Waals surface area contributed by atoms with E-state index in [1.54, 1.807) is 6.07 Å². The third kappa shape index (κ3) is 4.95. The number of aliphatic hydroxyl groups is 1. The van der Waals surface area contributed by atoms with Gasteiger partial charge >= 0.3 is 6.09 Å². The van der Waals surface area contributed by atoms with Gasteiger partial charge in [0.15, 0.2) is 5.60 Å². The molecule has 3 N–H and O–H groups in total. The van der Waals surface area contributed by atoms with Crippen LogP contribution in [-0.2, 0) is 9.53 Å². The Labute approximate surface area is 177 Å². The lowest BCUT2D eigenvalue weighted by Gasteiger charge is -2.42. The van der Waals surface area contributed by atoms with Crippen molar-refractivity contribution in [1.29, 1.82) is 0 Å². The number of carbonyl (C=O) groups is 2. The van der Waals surface area contributed by atoms with Crippen LogP contribution in [0.1, 0.15) is 51.5 Å². The number of hydrogen-bond acceptors (Lipinski definition) is 5. The second kappa shape index (κ2) is 8.79. The van der Waals surface area contributed by atoms with E-state index < -0.39 is 17.8 Å². The van der Waals surface area contributed by atoms with Crippen molar-refractivity contribution >= 4 is 33.6 Å². The van der Waals surface area contributed by atoms with Crippen molar-refractivity contribution in [2.24, 2.45) is 11.0 Å². The third-order valence-corrected chi connectivity index (χ3v) is 6.19. The van der Waals surface area contributed by atoms with Gasteiger partial charge in [-0.05, 0) is 70.1 Å². The van der Waals surface area contributed by atoms with Gasteiger partial charge in [-0.15, -0.1) is 0 Å². The van der Waals surface area contributed by atoms with Crippen molar-refractivity contribution in [2.45, 2.75) is 63.7 Å². The van der Waals surface area contributed by atoms with Crippen molar-refractivity contribution in [3.63, 3.8) is 0 Å². The molecule has 9 heteroatoms. The van der Waals surface area contributed by atoms with Gasteiger partial charge < -0.3 is 15.2 Å². The number of nitrogens with one attached hydrogen (secondary N) is 2. The molecule has 1 aromatic rings. The summed E-state index contributed by atoms with van der Waals surface area (Å²) in [6.45, 7) is 3.35. The van der Waals surface area contributed by atoms with E-state index in [1.165, 1.54) is 19.1 Å². The summed E-state index contributed by atoms with van der Waals surface area (Å²) in [6.07, 6.45) is 1.90. The largest absolute Gasteiger partial charge is 0.435 e. The maximum Gasteiger partial charge on any atom is 0.428 e. The van der Waals surface area contributed by atoms with Crippen LogP contribution in [0.15, 0.2) is 27.8 Å². The zero-order chi connectivity index (χ0) is 21.2. The van der Waals surface area contributed by atoms with E-state index in [-0.39, 0.29) is 17.8 Å². The van der Waals surface area contributed by atoms with E-state index in [2.05, 4.69) is 31.8 Å². The van der Waals surface area contributed by atoms with Crippen LogP contribution in [0.3, 0.4) is 0 Å². The highest BCUT2D eigenvalue weighted by atomic mass is 79.9. The second-order valence-electron chi connectivity index (χ2n) is 7.84. The topological polar surface area (TPSA) is 100 Å². The Bertz CT molecular complexity index is 822. The summed E-state index contributed by atoms with van der Waals surface area (Å²) >= 11 is 3.38. The molecule has 1 heterocycles. The van der Waals surface area contributed by atoms with Gasteiger partial charge in [0.1, 0.15) is 17.6 Å². The third-order valence-electron chi connectivity index (χ3n) is 5.53. The van der Waals surface area contributed by atoms with Crippen LogP contribution < -0.4 is 10.7 Å². The monoisotopic (exact) mass is 469 g/mol. The molecular formula is C20H25BrFN3O4. The molecule has 0 aromatic heterocycles. The summed E-state index contributed by atoms with van der Waals surface area (Å²) < 4.78 is 19.8. The first kappa shape index (κ1) is 21.7. The zero-order valence-electron chi connectivity index (χ0n) is 16.4. The minimum atomic E-state index is -1.03. The summed E-state index contributed by atoms with van der Waals surface area (Å²) in [6, 6.07) is 4.28. The molecule has 0 saturated heterocycles. The molecule has 29 heavy (non-hydrogen) atoms. The smallest absolute Gasteiger partial charge is 0.428 e. The van der Waals surface area contributed by atoms with E-state index in [0.717, 1.165) is 19.3 Å². The summed E-state index contributed by atoms with van der Waals surface area (Å²) in [5.41, 5.74) is 2.77. The van der Waals surface area contributed by atoms with Crippen molar-refractivity contribution < 1.29 is 23.8 Å². The molecule has 158 valence electrons. The molecule has 0 unspecified atom stereocenters. The number of nitrogens with zero attached hydrogens (tertiary/aromatic N) is 1. The van der Waals surface area contributed by atoms with Gasteiger partial charge in [-0.1, -0.05) is 15.9 Å². The number of rotatable bonds is 5. The molecule has 1 saturated carbocycles. The Morgan fingerprint density at radius 3 is 2.76 bits per heavy atom. The fraction of sp³-hybridized carbons (Fsp3) is 0.550. The van der Waals surface area contributed by atoms with Gasteiger partial charge in [-0.2, -0.15) is 5.10 Å². The summed E-state index contributed by atoms with van der Waals surface area (Å²) in [5, 5.41) is 16.4. The summed E-state index contributed by atoms with van der Waals surface area (Å²) in [4.78, 5) is 23.6. The lowest BCUT2D eigenvalue weighted by Crippen LogP contribution is -2.52. The fourth-order valence-electron chi connectivity index (χ4n) is 4.08. The van der Waals surface area contributed by atoms with Crippen LogP contribution in [-0.4, -0.2) is 40.6 Å². The van der Waals surface area contributed by atoms with Gasteiger partial charge in [0.25, 0.3) is 0 Å². The molecule has 1 spiro atoms. The highest BCUT2D eigenvalue weighted by Crippen LogP contribution is 2.41. The normalized spacial score (nSPS) is 26.2. The number of hydrogen-bond donors (Lipinski definition) is 3. The Hall–Kier alpha value is -2.00. The Morgan fingerprint density at radius 1 is 1.45 bits per heavy atom. The molecular weight excluding hydrogens is 445 g/mol. The fourth-order valence-corrected chi connectivity index (χ4v) is 4.62. The second-order valence-corrected chi connectivity index (χ2v) is 8.70. The minimum absolute atomic E-state index is 0.0638. The van der Waals surface area contributed by atoms with Crippen LogP contribution in [0.4, 0.5) is 9.18 Å². The number of hydrazone groups is 1. The Morgan fingerprint density at radius 2 is 2.14 bits per heavy atom. The molecule has 2 aliphatic rings. The highest BCUT2D eigenvalue weighted by molar-refractivity contribution is 9.10. The average Bonchev–Trinajstić information content (AvgIpc) is 2.64. The number of halogens is 2. The lowest BCUT2D eigenvalue weighted by atomic mass is 9.73. The molecule has 0 bridgehead atoms. The van der Waals surface area contributed by atoms with E-state index in [1.807, 2.05) is 6.92 Å². The zero-order valence-corrected chi connectivity index (χ0v) is 18.0. The average molecular weight is 470 g/mol. The first-order valence-electron chi connectivity index (χ1n) is 9.71. The first-order chi connectivity index (χ1) is 13.7. The number of carbonyl (C=O) groups excluding carboxylic acids is 2. The quantitative estimate of drug-likeness (QED) is 0.615. The number of benzene rings is 1. The number of amides is 2. The predicted molar refractivity (Wildman–Crippen MR) is 109 cm³/mol. The molecule has 2 atom stereocenters. The standard InChI is InChI=1S/C20H25BrFN3O4/c1-11(23-18(27)12(2)26)9-13-5-7-20(8-6-13)17(24-25-19(28)29-20)15-4-3-14(22)10-16(15)21/h3-4,10-13,26H,5-9H2,1-2H3,(H,23,27)(H,25,28)/t11-,12+,13?,20?/m0/s1. The predicted octanol–water partition coefficient (Wildman–Crippen LogP) is 3.24. The number of ether oxygens (including phenoxy) is 1. The Balaban J connectivity index is 1.71. The van der Waals surface area contributed by atoms with E-state index >= 15 is 0 Å². The van der Waals surface area contributed by atoms with Gasteiger partial charge in [0.2, 0.25) is 5.91 Å². The molecule has 0 radical (unpaired) electrons. The molecule has 1 fully saturated rings. The van der Waals surface area contributed by atoms with E-state index in [9.17, 15) is 19.1 Å². The van der Waals surface area contributed by atoms with Crippen molar-refractivity contribution in [3.05, 3.63) is 34.1 Å². The molecule has 1 aliphatic carbocycles. The SMILES string of the molecule is C[C@@H](CC1CCC2(CC1)OC(=O)NN=C2c1ccc(F)cc1Br)NC(=O)[C@@H](C)O. The van der Waals surface area contributed by atoms with Crippen LogP contribution >= 0.6 is 15.9 Å². The molecule has 7 nitrogen and oxygen atoms in total. The maximum atomic E-state index is 13.5. The van der Waals surface area contributed by atoms with Crippen molar-refractivity contribution in [3.8, 4) is 0 Å². The summed E-state index contributed by atoms with van der Waals surface area (Å²) in [7, 11) is 0. The lowest BCUT2D eigenvalue weighted by molar-refractivity contribution is -0.129. The van der Waals surface area contributed by atoms with Crippen molar-refractivity contribution in [2.75, 3.05) is 0 Å². The number of aliphatic hydroxyl groups excluding tert-OH is 1. The van der Waals surface area contributed by atoms with E-state index in [0.29, 0.717) is 34.5 Å². The molecule has 3 rings (SSSR count). The van der Waals surface area contributed by atoms with Crippen molar-refractivity contribution in [1.82, 2.24) is 10.7 Å². The summed E-state index contributed by atoms with van der Waals surface area (Å²) in [5.74, 6) is -0.406. The molecule has 2 amide bonds. The van der Waals surface area contributed by atoms with Gasteiger partial charge in [0.05, 0.1) is 0 Å². The van der Waals surface area contributed by atoms with E-state index in [4.69, 9.17) is 4.74 Å².